The van der Waals surface area contributed by atoms with Crippen LogP contribution >= 0.6 is 41.9 Å². The van der Waals surface area contributed by atoms with E-state index < -0.39 is 0 Å². The van der Waals surface area contributed by atoms with E-state index in [0.717, 1.165) is 35.3 Å². The minimum absolute atomic E-state index is 0.0860. The summed E-state index contributed by atoms with van der Waals surface area (Å²) < 4.78 is 11.5. The molecule has 1 saturated carbocycles. The fourth-order valence-corrected chi connectivity index (χ4v) is 6.41. The SMILES string of the molecule is Cc1cccc(C)c1Oc1cn(C2CC2)c(=O)cc1-c1cn(C)c(=O)c2c1cc(Cl)n2SI. The zero-order valence-electron chi connectivity index (χ0n) is 18.3. The molecule has 1 fully saturated rings. The Morgan fingerprint density at radius 2 is 1.79 bits per heavy atom. The predicted molar refractivity (Wildman–Crippen MR) is 143 cm³/mol. The van der Waals surface area contributed by atoms with Gasteiger partial charge in [0, 0.05) is 72.2 Å². The molecule has 0 saturated heterocycles. The minimum atomic E-state index is -0.159. The molecular formula is C24H21ClIN3O3S. The topological polar surface area (TPSA) is 58.2 Å². The number of pyridine rings is 2. The number of benzene rings is 1. The molecule has 170 valence electrons. The molecule has 1 aromatic carbocycles. The van der Waals surface area contributed by atoms with E-state index in [2.05, 4.69) is 21.2 Å². The highest BCUT2D eigenvalue weighted by atomic mass is 127. The first-order valence-electron chi connectivity index (χ1n) is 10.5. The van der Waals surface area contributed by atoms with Gasteiger partial charge in [-0.1, -0.05) is 29.8 Å². The molecule has 0 N–H and O–H groups in total. The largest absolute Gasteiger partial charge is 0.455 e. The van der Waals surface area contributed by atoms with Gasteiger partial charge < -0.3 is 13.9 Å². The molecule has 5 rings (SSSR count). The predicted octanol–water partition coefficient (Wildman–Crippen LogP) is 6.41. The summed E-state index contributed by atoms with van der Waals surface area (Å²) >= 11 is 8.56. The number of hydrogen-bond donors (Lipinski definition) is 0. The molecule has 0 atom stereocenters. The molecule has 0 bridgehead atoms. The lowest BCUT2D eigenvalue weighted by molar-refractivity contribution is 0.467. The summed E-state index contributed by atoms with van der Waals surface area (Å²) in [7, 11) is 3.03. The summed E-state index contributed by atoms with van der Waals surface area (Å²) in [5.74, 6) is 1.34. The number of hydrogen-bond acceptors (Lipinski definition) is 4. The van der Waals surface area contributed by atoms with Crippen LogP contribution in [0.5, 0.6) is 11.5 Å². The molecule has 0 spiro atoms. The van der Waals surface area contributed by atoms with Crippen LogP contribution in [0.1, 0.15) is 30.0 Å². The Bertz CT molecular complexity index is 1510. The standard InChI is InChI=1S/C24H21ClIN3O3S/c1-13-5-4-6-14(2)23(13)32-19-12-28(15-7-8-15)21(30)10-16(19)18-11-27(3)24(31)22-17(18)9-20(25)29(22)33-26/h4-6,9-12,15H,7-8H2,1-3H3. The van der Waals surface area contributed by atoms with Crippen LogP contribution in [0, 0.1) is 13.8 Å². The summed E-state index contributed by atoms with van der Waals surface area (Å²) in [6.07, 6.45) is 5.52. The molecule has 6 nitrogen and oxygen atoms in total. The Hall–Kier alpha value is -2.17. The van der Waals surface area contributed by atoms with E-state index in [0.29, 0.717) is 27.4 Å². The molecular weight excluding hydrogens is 573 g/mol. The third kappa shape index (κ3) is 3.91. The van der Waals surface area contributed by atoms with Crippen molar-refractivity contribution in [3.8, 4) is 22.6 Å². The average Bonchev–Trinajstić information content (AvgIpc) is 3.56. The third-order valence-corrected chi connectivity index (χ3v) is 8.09. The summed E-state index contributed by atoms with van der Waals surface area (Å²) in [5.41, 5.74) is 3.60. The van der Waals surface area contributed by atoms with Crippen LogP contribution in [0.3, 0.4) is 0 Å². The van der Waals surface area contributed by atoms with Crippen molar-refractivity contribution in [1.29, 1.82) is 0 Å². The molecule has 4 aromatic rings. The van der Waals surface area contributed by atoms with Gasteiger partial charge in [-0.2, -0.15) is 0 Å². The smallest absolute Gasteiger partial charge is 0.275 e. The van der Waals surface area contributed by atoms with Gasteiger partial charge in [0.15, 0.2) is 5.75 Å². The maximum Gasteiger partial charge on any atom is 0.275 e. The first-order chi connectivity index (χ1) is 15.8. The molecule has 1 aliphatic rings. The third-order valence-electron chi connectivity index (χ3n) is 6.02. The fraction of sp³-hybridized carbons (Fsp3) is 0.250. The summed E-state index contributed by atoms with van der Waals surface area (Å²) in [5, 5.41) is 1.12. The normalized spacial score (nSPS) is 13.6. The number of para-hydroxylation sites is 1. The molecule has 33 heavy (non-hydrogen) atoms. The van der Waals surface area contributed by atoms with Crippen molar-refractivity contribution < 1.29 is 4.74 Å². The maximum atomic E-state index is 13.1. The first-order valence-corrected chi connectivity index (χ1v) is 14.2. The highest BCUT2D eigenvalue weighted by molar-refractivity contribution is 14.2. The van der Waals surface area contributed by atoms with E-state index in [1.165, 1.54) is 13.7 Å². The molecule has 3 aromatic heterocycles. The van der Waals surface area contributed by atoms with Gasteiger partial charge in [0.05, 0.1) is 6.20 Å². The van der Waals surface area contributed by atoms with E-state index in [9.17, 15) is 9.59 Å². The van der Waals surface area contributed by atoms with Gasteiger partial charge in [0.25, 0.3) is 11.1 Å². The Labute approximate surface area is 211 Å². The van der Waals surface area contributed by atoms with E-state index in [-0.39, 0.29) is 17.2 Å². The van der Waals surface area contributed by atoms with Crippen molar-refractivity contribution in [3.05, 3.63) is 79.7 Å². The second kappa shape index (κ2) is 8.56. The molecule has 1 aliphatic carbocycles. The van der Waals surface area contributed by atoms with Crippen molar-refractivity contribution in [3.63, 3.8) is 0 Å². The van der Waals surface area contributed by atoms with Crippen molar-refractivity contribution in [1.82, 2.24) is 13.1 Å². The van der Waals surface area contributed by atoms with Gasteiger partial charge in [-0.15, -0.1) is 0 Å². The number of halogens is 2. The Morgan fingerprint density at radius 1 is 1.09 bits per heavy atom. The van der Waals surface area contributed by atoms with Crippen LogP contribution in [-0.2, 0) is 7.05 Å². The maximum absolute atomic E-state index is 13.1. The Kier molecular flexibility index (Phi) is 5.86. The molecule has 0 radical (unpaired) electrons. The molecule has 9 heteroatoms. The molecule has 0 aliphatic heterocycles. The lowest BCUT2D eigenvalue weighted by atomic mass is 10.0. The lowest BCUT2D eigenvalue weighted by Gasteiger charge is -2.18. The van der Waals surface area contributed by atoms with Crippen LogP contribution in [0.15, 0.2) is 52.3 Å². The van der Waals surface area contributed by atoms with Crippen LogP contribution in [-0.4, -0.2) is 13.1 Å². The summed E-state index contributed by atoms with van der Waals surface area (Å²) in [6.45, 7) is 4.00. The van der Waals surface area contributed by atoms with Crippen LogP contribution in [0.4, 0.5) is 0 Å². The van der Waals surface area contributed by atoms with E-state index >= 15 is 0 Å². The zero-order chi connectivity index (χ0) is 23.4. The van der Waals surface area contributed by atoms with Gasteiger partial charge in [0.2, 0.25) is 0 Å². The van der Waals surface area contributed by atoms with Crippen molar-refractivity contribution in [2.45, 2.75) is 32.7 Å². The Balaban J connectivity index is 1.81. The second-order valence-electron chi connectivity index (χ2n) is 8.40. The molecule has 0 amide bonds. The van der Waals surface area contributed by atoms with Gasteiger partial charge in [-0.05, 0) is 43.9 Å². The van der Waals surface area contributed by atoms with Gasteiger partial charge in [-0.25, -0.2) is 0 Å². The summed E-state index contributed by atoms with van der Waals surface area (Å²) in [6, 6.07) is 9.59. The number of fused-ring (bicyclic) bond motifs is 1. The number of ether oxygens (including phenoxy) is 1. The van der Waals surface area contributed by atoms with E-state index in [4.69, 9.17) is 16.3 Å². The molecule has 0 unspecified atom stereocenters. The van der Waals surface area contributed by atoms with E-state index in [1.807, 2.05) is 38.2 Å². The number of aryl methyl sites for hydroxylation is 3. The fourth-order valence-electron chi connectivity index (χ4n) is 4.17. The number of aromatic nitrogens is 3. The lowest BCUT2D eigenvalue weighted by Crippen LogP contribution is -2.20. The van der Waals surface area contributed by atoms with Crippen LogP contribution in [0.25, 0.3) is 22.0 Å². The van der Waals surface area contributed by atoms with Crippen molar-refractivity contribution >= 4 is 52.8 Å². The van der Waals surface area contributed by atoms with Crippen LogP contribution in [0.2, 0.25) is 5.15 Å². The highest BCUT2D eigenvalue weighted by Crippen LogP contribution is 2.42. The summed E-state index contributed by atoms with van der Waals surface area (Å²) in [4.78, 5) is 26.0. The van der Waals surface area contributed by atoms with Gasteiger partial charge in [0.1, 0.15) is 16.4 Å². The Morgan fingerprint density at radius 3 is 2.42 bits per heavy atom. The quantitative estimate of drug-likeness (QED) is 0.251. The van der Waals surface area contributed by atoms with Crippen molar-refractivity contribution in [2.75, 3.05) is 0 Å². The number of nitrogens with zero attached hydrogens (tertiary/aromatic N) is 3. The van der Waals surface area contributed by atoms with Crippen molar-refractivity contribution in [2.24, 2.45) is 7.05 Å². The van der Waals surface area contributed by atoms with E-state index in [1.54, 1.807) is 33.9 Å². The van der Waals surface area contributed by atoms with Crippen LogP contribution < -0.4 is 15.9 Å². The van der Waals surface area contributed by atoms with Gasteiger partial charge >= 0.3 is 0 Å². The molecule has 3 heterocycles. The number of rotatable bonds is 5. The zero-order valence-corrected chi connectivity index (χ0v) is 22.0. The average molecular weight is 594 g/mol. The first kappa shape index (κ1) is 22.6. The monoisotopic (exact) mass is 593 g/mol. The second-order valence-corrected chi connectivity index (χ2v) is 10.5. The highest BCUT2D eigenvalue weighted by Gasteiger charge is 2.27. The minimum Gasteiger partial charge on any atom is -0.455 e. The van der Waals surface area contributed by atoms with Gasteiger partial charge in [-0.3, -0.25) is 13.6 Å².